The Hall–Kier alpha value is -0.790. The summed E-state index contributed by atoms with van der Waals surface area (Å²) in [7, 11) is 0. The number of benzene rings is 1. The summed E-state index contributed by atoms with van der Waals surface area (Å²) >= 11 is 0. The third-order valence-corrected chi connectivity index (χ3v) is 1.72. The van der Waals surface area contributed by atoms with Crippen molar-refractivity contribution in [2.75, 3.05) is 13.1 Å². The predicted octanol–water partition coefficient (Wildman–Crippen LogP) is 2.43. The molecule has 1 N–H and O–H groups in total. The van der Waals surface area contributed by atoms with E-state index >= 15 is 0 Å². The number of hydrogen-bond acceptors (Lipinski definition) is 1. The molecule has 0 unspecified atom stereocenters. The fraction of sp³-hybridized carbons (Fsp3) is 0.273. The van der Waals surface area contributed by atoms with Crippen LogP contribution in [0.3, 0.4) is 0 Å². The van der Waals surface area contributed by atoms with Gasteiger partial charge in [0.05, 0.1) is 0 Å². The first-order chi connectivity index (χ1) is 5.93. The molecule has 1 aromatic rings. The lowest BCUT2D eigenvalue weighted by Crippen LogP contribution is -2.16. The summed E-state index contributed by atoms with van der Waals surface area (Å²) in [4.78, 5) is 0. The van der Waals surface area contributed by atoms with Gasteiger partial charge in [0.2, 0.25) is 0 Å². The summed E-state index contributed by atoms with van der Waals surface area (Å²) in [5, 5.41) is 3.27. The lowest BCUT2D eigenvalue weighted by atomic mass is 10.1. The minimum absolute atomic E-state index is 0. The first-order valence-electron chi connectivity index (χ1n) is 4.29. The molecule has 0 aromatic heterocycles. The third kappa shape index (κ3) is 5.45. The second kappa shape index (κ2) is 7.84. The molecule has 0 heterocycles. The highest BCUT2D eigenvalue weighted by atomic mass is 35.5. The molecule has 0 radical (unpaired) electrons. The molecular formula is C11H16ClN. The molecule has 1 nitrogen and oxygen atoms in total. The fourth-order valence-electron chi connectivity index (χ4n) is 1.08. The minimum Gasteiger partial charge on any atom is -0.313 e. The van der Waals surface area contributed by atoms with Crippen LogP contribution in [0.5, 0.6) is 0 Å². The first-order valence-corrected chi connectivity index (χ1v) is 4.29. The predicted molar refractivity (Wildman–Crippen MR) is 60.5 cm³/mol. The standard InChI is InChI=1S/C11H15N.ClH/c1-2-9-12-10-8-11-6-4-3-5-7-11;/h2-7,12H,1,8-10H2;1H. The highest BCUT2D eigenvalue weighted by Gasteiger charge is 1.88. The Morgan fingerprint density at radius 3 is 2.54 bits per heavy atom. The Morgan fingerprint density at radius 1 is 1.23 bits per heavy atom. The Labute approximate surface area is 86.3 Å². The van der Waals surface area contributed by atoms with E-state index in [4.69, 9.17) is 0 Å². The SMILES string of the molecule is C=CCNCCc1ccccc1.Cl. The van der Waals surface area contributed by atoms with E-state index in [1.807, 2.05) is 12.1 Å². The molecule has 0 amide bonds. The van der Waals surface area contributed by atoms with Crippen molar-refractivity contribution >= 4 is 12.4 Å². The molecule has 0 aliphatic rings. The quantitative estimate of drug-likeness (QED) is 0.565. The van der Waals surface area contributed by atoms with Crippen LogP contribution >= 0.6 is 12.4 Å². The maximum atomic E-state index is 3.64. The van der Waals surface area contributed by atoms with Gasteiger partial charge in [-0.15, -0.1) is 19.0 Å². The summed E-state index contributed by atoms with van der Waals surface area (Å²) in [6.07, 6.45) is 2.97. The second-order valence-electron chi connectivity index (χ2n) is 2.73. The van der Waals surface area contributed by atoms with Crippen molar-refractivity contribution in [2.24, 2.45) is 0 Å². The Morgan fingerprint density at radius 2 is 1.92 bits per heavy atom. The van der Waals surface area contributed by atoms with Gasteiger partial charge in [0, 0.05) is 6.54 Å². The average Bonchev–Trinajstić information content (AvgIpc) is 2.14. The van der Waals surface area contributed by atoms with Crippen LogP contribution in [0.2, 0.25) is 0 Å². The van der Waals surface area contributed by atoms with Gasteiger partial charge < -0.3 is 5.32 Å². The van der Waals surface area contributed by atoms with Crippen molar-refractivity contribution in [2.45, 2.75) is 6.42 Å². The van der Waals surface area contributed by atoms with Gasteiger partial charge in [-0.1, -0.05) is 36.4 Å². The maximum Gasteiger partial charge on any atom is 0.0132 e. The molecule has 0 saturated carbocycles. The van der Waals surface area contributed by atoms with Crippen LogP contribution in [-0.2, 0) is 6.42 Å². The van der Waals surface area contributed by atoms with E-state index in [-0.39, 0.29) is 12.4 Å². The van der Waals surface area contributed by atoms with E-state index in [9.17, 15) is 0 Å². The molecule has 0 aliphatic carbocycles. The van der Waals surface area contributed by atoms with E-state index in [2.05, 4.69) is 36.2 Å². The zero-order valence-electron chi connectivity index (χ0n) is 7.70. The molecule has 0 bridgehead atoms. The molecule has 0 spiro atoms. The van der Waals surface area contributed by atoms with Gasteiger partial charge in [0.15, 0.2) is 0 Å². The Bertz CT molecular complexity index is 221. The molecular weight excluding hydrogens is 182 g/mol. The maximum absolute atomic E-state index is 3.64. The molecule has 1 rings (SSSR count). The van der Waals surface area contributed by atoms with Gasteiger partial charge in [-0.2, -0.15) is 0 Å². The molecule has 0 aliphatic heterocycles. The monoisotopic (exact) mass is 197 g/mol. The number of rotatable bonds is 5. The van der Waals surface area contributed by atoms with Crippen LogP contribution in [0.25, 0.3) is 0 Å². The fourth-order valence-corrected chi connectivity index (χ4v) is 1.08. The van der Waals surface area contributed by atoms with Crippen LogP contribution in [-0.4, -0.2) is 13.1 Å². The van der Waals surface area contributed by atoms with E-state index < -0.39 is 0 Å². The van der Waals surface area contributed by atoms with E-state index in [1.165, 1.54) is 5.56 Å². The Kier molecular flexibility index (Phi) is 7.36. The summed E-state index contributed by atoms with van der Waals surface area (Å²) < 4.78 is 0. The topological polar surface area (TPSA) is 12.0 Å². The zero-order valence-corrected chi connectivity index (χ0v) is 8.52. The lowest BCUT2D eigenvalue weighted by molar-refractivity contribution is 0.745. The summed E-state index contributed by atoms with van der Waals surface area (Å²) in [6, 6.07) is 10.5. The van der Waals surface area contributed by atoms with Gasteiger partial charge in [-0.05, 0) is 18.5 Å². The van der Waals surface area contributed by atoms with Crippen LogP contribution < -0.4 is 5.32 Å². The van der Waals surface area contributed by atoms with Crippen molar-refractivity contribution in [3.8, 4) is 0 Å². The van der Waals surface area contributed by atoms with Crippen molar-refractivity contribution in [1.82, 2.24) is 5.32 Å². The highest BCUT2D eigenvalue weighted by Crippen LogP contribution is 1.97. The van der Waals surface area contributed by atoms with Gasteiger partial charge in [-0.3, -0.25) is 0 Å². The molecule has 0 atom stereocenters. The molecule has 72 valence electrons. The summed E-state index contributed by atoms with van der Waals surface area (Å²) in [5.74, 6) is 0. The van der Waals surface area contributed by atoms with Crippen molar-refractivity contribution in [3.05, 3.63) is 48.6 Å². The third-order valence-electron chi connectivity index (χ3n) is 1.72. The van der Waals surface area contributed by atoms with Crippen molar-refractivity contribution in [1.29, 1.82) is 0 Å². The van der Waals surface area contributed by atoms with Crippen LogP contribution in [0, 0.1) is 0 Å². The van der Waals surface area contributed by atoms with Crippen LogP contribution in [0.4, 0.5) is 0 Å². The van der Waals surface area contributed by atoms with Gasteiger partial charge in [-0.25, -0.2) is 0 Å². The van der Waals surface area contributed by atoms with Crippen molar-refractivity contribution in [3.63, 3.8) is 0 Å². The summed E-state index contributed by atoms with van der Waals surface area (Å²) in [5.41, 5.74) is 1.38. The van der Waals surface area contributed by atoms with Gasteiger partial charge in [0.1, 0.15) is 0 Å². The smallest absolute Gasteiger partial charge is 0.0132 e. The molecule has 0 saturated heterocycles. The average molecular weight is 198 g/mol. The number of halogens is 1. The van der Waals surface area contributed by atoms with Gasteiger partial charge in [0.25, 0.3) is 0 Å². The Balaban J connectivity index is 0.00000144. The largest absolute Gasteiger partial charge is 0.313 e. The molecule has 1 aromatic carbocycles. The molecule has 0 fully saturated rings. The lowest BCUT2D eigenvalue weighted by Gasteiger charge is -2.00. The zero-order chi connectivity index (χ0) is 8.65. The van der Waals surface area contributed by atoms with Crippen molar-refractivity contribution < 1.29 is 0 Å². The molecule has 2 heteroatoms. The number of nitrogens with one attached hydrogen (secondary N) is 1. The first kappa shape index (κ1) is 12.2. The van der Waals surface area contributed by atoms with Gasteiger partial charge >= 0.3 is 0 Å². The highest BCUT2D eigenvalue weighted by molar-refractivity contribution is 5.85. The van der Waals surface area contributed by atoms with E-state index in [0.29, 0.717) is 0 Å². The number of hydrogen-bond donors (Lipinski definition) is 1. The minimum atomic E-state index is 0. The van der Waals surface area contributed by atoms with Crippen LogP contribution in [0.15, 0.2) is 43.0 Å². The normalized spacial score (nSPS) is 8.92. The van der Waals surface area contributed by atoms with Crippen LogP contribution in [0.1, 0.15) is 5.56 Å². The van der Waals surface area contributed by atoms with E-state index in [0.717, 1.165) is 19.5 Å². The molecule has 13 heavy (non-hydrogen) atoms. The second-order valence-corrected chi connectivity index (χ2v) is 2.73. The van der Waals surface area contributed by atoms with E-state index in [1.54, 1.807) is 0 Å². The summed E-state index contributed by atoms with van der Waals surface area (Å²) in [6.45, 7) is 5.56.